The number of ether oxygens (including phenoxy) is 1. The lowest BCUT2D eigenvalue weighted by atomic mass is 9.76. The van der Waals surface area contributed by atoms with Gasteiger partial charge in [-0.3, -0.25) is 4.98 Å². The molecule has 2 aromatic rings. The zero-order valence-electron chi connectivity index (χ0n) is 12.9. The van der Waals surface area contributed by atoms with Gasteiger partial charge in [-0.25, -0.2) is 0 Å². The van der Waals surface area contributed by atoms with Crippen LogP contribution in [-0.4, -0.2) is 24.7 Å². The highest BCUT2D eigenvalue weighted by atomic mass is 35.5. The van der Waals surface area contributed by atoms with Crippen LogP contribution in [0.15, 0.2) is 42.7 Å². The Morgan fingerprint density at radius 1 is 1.22 bits per heavy atom. The van der Waals surface area contributed by atoms with Gasteiger partial charge >= 0.3 is 0 Å². The quantitative estimate of drug-likeness (QED) is 0.868. The summed E-state index contributed by atoms with van der Waals surface area (Å²) in [5.74, 6) is 0.812. The Morgan fingerprint density at radius 2 is 2.13 bits per heavy atom. The molecular formula is C18H20Cl2N2O. The molecule has 5 heteroatoms. The number of piperidine rings is 1. The summed E-state index contributed by atoms with van der Waals surface area (Å²) in [6.45, 7) is 2.66. The van der Waals surface area contributed by atoms with Crippen LogP contribution in [0, 0.1) is 5.41 Å². The smallest absolute Gasteiger partial charge is 0.137 e. The predicted octanol–water partition coefficient (Wildman–Crippen LogP) is 4.38. The van der Waals surface area contributed by atoms with Crippen LogP contribution >= 0.6 is 23.2 Å². The summed E-state index contributed by atoms with van der Waals surface area (Å²) in [6, 6.07) is 9.71. The third-order valence-electron chi connectivity index (χ3n) is 4.30. The standard InChI is InChI=1S/C18H20Cl2N2O/c19-16-5-4-14(9-17(16)20)10-18(6-2-8-22-12-18)13-23-15-3-1-7-21-11-15/h1,3-5,7,9,11,22H,2,6,8,10,12-13H2. The molecule has 1 aromatic carbocycles. The number of hydrogen-bond acceptors (Lipinski definition) is 3. The maximum absolute atomic E-state index is 6.16. The van der Waals surface area contributed by atoms with Crippen LogP contribution in [0.25, 0.3) is 0 Å². The minimum atomic E-state index is 0.0608. The number of halogens is 2. The number of hydrogen-bond donors (Lipinski definition) is 1. The van der Waals surface area contributed by atoms with Gasteiger partial charge in [0.15, 0.2) is 0 Å². The number of aromatic nitrogens is 1. The van der Waals surface area contributed by atoms with Gasteiger partial charge < -0.3 is 10.1 Å². The third-order valence-corrected chi connectivity index (χ3v) is 5.04. The van der Waals surface area contributed by atoms with Crippen molar-refractivity contribution in [1.29, 1.82) is 0 Å². The van der Waals surface area contributed by atoms with Crippen molar-refractivity contribution in [2.24, 2.45) is 5.41 Å². The summed E-state index contributed by atoms with van der Waals surface area (Å²) in [5.41, 5.74) is 1.25. The van der Waals surface area contributed by atoms with Gasteiger partial charge in [0.2, 0.25) is 0 Å². The van der Waals surface area contributed by atoms with E-state index in [1.807, 2.05) is 24.3 Å². The molecule has 1 N–H and O–H groups in total. The van der Waals surface area contributed by atoms with Gasteiger partial charge in [0.1, 0.15) is 5.75 Å². The average Bonchev–Trinajstić information content (AvgIpc) is 2.58. The molecule has 3 rings (SSSR count). The van der Waals surface area contributed by atoms with Crippen LogP contribution in [-0.2, 0) is 6.42 Å². The first-order chi connectivity index (χ1) is 11.2. The molecule has 0 amide bonds. The maximum atomic E-state index is 6.16. The molecule has 1 aromatic heterocycles. The Hall–Kier alpha value is -1.29. The molecule has 2 heterocycles. The monoisotopic (exact) mass is 350 g/mol. The van der Waals surface area contributed by atoms with Crippen molar-refractivity contribution in [1.82, 2.24) is 10.3 Å². The highest BCUT2D eigenvalue weighted by Gasteiger charge is 2.33. The largest absolute Gasteiger partial charge is 0.491 e. The minimum Gasteiger partial charge on any atom is -0.491 e. The van der Waals surface area contributed by atoms with Crippen molar-refractivity contribution in [3.8, 4) is 5.75 Å². The van der Waals surface area contributed by atoms with Gasteiger partial charge in [-0.05, 0) is 55.6 Å². The Kier molecular flexibility index (Phi) is 5.42. The van der Waals surface area contributed by atoms with Crippen molar-refractivity contribution in [3.63, 3.8) is 0 Å². The normalized spacial score (nSPS) is 21.1. The van der Waals surface area contributed by atoms with Gasteiger partial charge in [0, 0.05) is 18.2 Å². The molecule has 3 nitrogen and oxygen atoms in total. The number of nitrogens with one attached hydrogen (secondary N) is 1. The van der Waals surface area contributed by atoms with E-state index in [0.29, 0.717) is 16.7 Å². The molecule has 23 heavy (non-hydrogen) atoms. The van der Waals surface area contributed by atoms with Crippen LogP contribution in [0.2, 0.25) is 10.0 Å². The fraction of sp³-hybridized carbons (Fsp3) is 0.389. The zero-order valence-corrected chi connectivity index (χ0v) is 14.4. The molecule has 1 unspecified atom stereocenters. The molecule has 122 valence electrons. The first-order valence-electron chi connectivity index (χ1n) is 7.84. The van der Waals surface area contributed by atoms with Crippen LogP contribution in [0.1, 0.15) is 18.4 Å². The van der Waals surface area contributed by atoms with Crippen molar-refractivity contribution in [2.45, 2.75) is 19.3 Å². The van der Waals surface area contributed by atoms with E-state index in [1.54, 1.807) is 12.4 Å². The fourth-order valence-corrected chi connectivity index (χ4v) is 3.43. The Morgan fingerprint density at radius 3 is 2.83 bits per heavy atom. The number of nitrogens with zero attached hydrogens (tertiary/aromatic N) is 1. The molecule has 0 radical (unpaired) electrons. The van der Waals surface area contributed by atoms with E-state index in [-0.39, 0.29) is 5.41 Å². The van der Waals surface area contributed by atoms with Crippen molar-refractivity contribution in [2.75, 3.05) is 19.7 Å². The van der Waals surface area contributed by atoms with Gasteiger partial charge in [0.25, 0.3) is 0 Å². The topological polar surface area (TPSA) is 34.1 Å². The second-order valence-electron chi connectivity index (χ2n) is 6.18. The lowest BCUT2D eigenvalue weighted by Crippen LogP contribution is -2.45. The van der Waals surface area contributed by atoms with Crippen molar-refractivity contribution >= 4 is 23.2 Å². The fourth-order valence-electron chi connectivity index (χ4n) is 3.11. The van der Waals surface area contributed by atoms with Crippen molar-refractivity contribution in [3.05, 3.63) is 58.3 Å². The molecule has 1 saturated heterocycles. The summed E-state index contributed by atoms with van der Waals surface area (Å²) in [5, 5.41) is 4.71. The van der Waals surface area contributed by atoms with E-state index in [0.717, 1.165) is 38.1 Å². The second-order valence-corrected chi connectivity index (χ2v) is 7.00. The Balaban J connectivity index is 1.74. The first kappa shape index (κ1) is 16.6. The molecule has 1 atom stereocenters. The van der Waals surface area contributed by atoms with E-state index in [4.69, 9.17) is 27.9 Å². The molecule has 0 bridgehead atoms. The van der Waals surface area contributed by atoms with E-state index in [1.165, 1.54) is 5.56 Å². The molecule has 1 aliphatic heterocycles. The van der Waals surface area contributed by atoms with Crippen LogP contribution in [0.3, 0.4) is 0 Å². The molecular weight excluding hydrogens is 331 g/mol. The highest BCUT2D eigenvalue weighted by molar-refractivity contribution is 6.42. The summed E-state index contributed by atoms with van der Waals surface area (Å²) in [4.78, 5) is 4.10. The number of benzene rings is 1. The number of rotatable bonds is 5. The van der Waals surface area contributed by atoms with Gasteiger partial charge in [-0.2, -0.15) is 0 Å². The van der Waals surface area contributed by atoms with E-state index in [2.05, 4.69) is 16.4 Å². The van der Waals surface area contributed by atoms with E-state index < -0.39 is 0 Å². The van der Waals surface area contributed by atoms with Gasteiger partial charge in [0.05, 0.1) is 22.8 Å². The van der Waals surface area contributed by atoms with Gasteiger partial charge in [-0.1, -0.05) is 29.3 Å². The molecule has 0 aliphatic carbocycles. The first-order valence-corrected chi connectivity index (χ1v) is 8.60. The summed E-state index contributed by atoms with van der Waals surface area (Å²) >= 11 is 12.2. The summed E-state index contributed by atoms with van der Waals surface area (Å²) in [6.07, 6.45) is 6.69. The zero-order chi connectivity index (χ0) is 16.1. The Bertz CT molecular complexity index is 643. The van der Waals surface area contributed by atoms with Crippen LogP contribution < -0.4 is 10.1 Å². The summed E-state index contributed by atoms with van der Waals surface area (Å²) in [7, 11) is 0. The number of pyridine rings is 1. The second kappa shape index (κ2) is 7.52. The third kappa shape index (κ3) is 4.37. The summed E-state index contributed by atoms with van der Waals surface area (Å²) < 4.78 is 6.01. The molecule has 1 fully saturated rings. The van der Waals surface area contributed by atoms with Crippen LogP contribution in [0.4, 0.5) is 0 Å². The highest BCUT2D eigenvalue weighted by Crippen LogP contribution is 2.33. The van der Waals surface area contributed by atoms with Crippen molar-refractivity contribution < 1.29 is 4.74 Å². The van der Waals surface area contributed by atoms with Gasteiger partial charge in [-0.15, -0.1) is 0 Å². The maximum Gasteiger partial charge on any atom is 0.137 e. The molecule has 1 aliphatic rings. The lowest BCUT2D eigenvalue weighted by Gasteiger charge is -2.37. The molecule has 0 spiro atoms. The van der Waals surface area contributed by atoms with E-state index in [9.17, 15) is 0 Å². The average molecular weight is 351 g/mol. The Labute approximate surface area is 147 Å². The SMILES string of the molecule is Clc1ccc(CC2(COc3cccnc3)CCCNC2)cc1Cl. The minimum absolute atomic E-state index is 0.0608. The van der Waals surface area contributed by atoms with Crippen LogP contribution in [0.5, 0.6) is 5.75 Å². The lowest BCUT2D eigenvalue weighted by molar-refractivity contribution is 0.110. The predicted molar refractivity (Wildman–Crippen MR) is 94.4 cm³/mol. The molecule has 0 saturated carbocycles. The van der Waals surface area contributed by atoms with E-state index >= 15 is 0 Å².